The van der Waals surface area contributed by atoms with Crippen molar-refractivity contribution >= 4 is 5.97 Å². The van der Waals surface area contributed by atoms with Gasteiger partial charge < -0.3 is 4.74 Å². The molecule has 0 bridgehead atoms. The van der Waals surface area contributed by atoms with E-state index in [1.807, 2.05) is 30.3 Å². The summed E-state index contributed by atoms with van der Waals surface area (Å²) in [7, 11) is 1.44. The molecule has 1 aromatic rings. The largest absolute Gasteiger partial charge is 0.468 e. The van der Waals surface area contributed by atoms with Gasteiger partial charge in [-0.1, -0.05) is 57.5 Å². The Morgan fingerprint density at radius 2 is 1.85 bits per heavy atom. The second-order valence-corrected chi connectivity index (χ2v) is 5.39. The molecular formula is C17H27NO2. The predicted octanol–water partition coefficient (Wildman–Crippen LogP) is 3.71. The fraction of sp³-hybridized carbons (Fsp3) is 0.588. The molecule has 1 aromatic carbocycles. The first-order valence-corrected chi connectivity index (χ1v) is 7.51. The van der Waals surface area contributed by atoms with Gasteiger partial charge in [-0.15, -0.1) is 0 Å². The minimum Gasteiger partial charge on any atom is -0.468 e. The van der Waals surface area contributed by atoms with Crippen molar-refractivity contribution in [1.29, 1.82) is 0 Å². The van der Waals surface area contributed by atoms with Crippen LogP contribution in [-0.4, -0.2) is 19.1 Å². The molecule has 3 unspecified atom stereocenters. The van der Waals surface area contributed by atoms with Crippen LogP contribution in [0.1, 0.15) is 51.6 Å². The first-order valence-electron chi connectivity index (χ1n) is 7.51. The Morgan fingerprint density at radius 3 is 2.35 bits per heavy atom. The summed E-state index contributed by atoms with van der Waals surface area (Å²) in [5.41, 5.74) is 0.960. The van der Waals surface area contributed by atoms with Gasteiger partial charge in [-0.2, -0.15) is 0 Å². The van der Waals surface area contributed by atoms with Crippen LogP contribution in [0.2, 0.25) is 0 Å². The van der Waals surface area contributed by atoms with E-state index in [0.717, 1.165) is 24.8 Å². The maximum atomic E-state index is 12.0. The monoisotopic (exact) mass is 277 g/mol. The second-order valence-electron chi connectivity index (χ2n) is 5.39. The predicted molar refractivity (Wildman–Crippen MR) is 82.5 cm³/mol. The molecule has 0 spiro atoms. The topological polar surface area (TPSA) is 38.3 Å². The lowest BCUT2D eigenvalue weighted by molar-refractivity contribution is -0.143. The molecule has 0 aliphatic rings. The lowest BCUT2D eigenvalue weighted by atomic mass is 9.96. The molecule has 1 rings (SSSR count). The molecule has 0 saturated heterocycles. The number of carbonyl (C=O) groups excluding carboxylic acids is 1. The third-order valence-corrected chi connectivity index (χ3v) is 3.85. The van der Waals surface area contributed by atoms with E-state index in [1.165, 1.54) is 7.11 Å². The Labute approximate surface area is 122 Å². The number of hydrogen-bond acceptors (Lipinski definition) is 3. The van der Waals surface area contributed by atoms with Crippen molar-refractivity contribution in [2.75, 3.05) is 7.11 Å². The number of nitrogens with one attached hydrogen (secondary N) is 1. The molecule has 20 heavy (non-hydrogen) atoms. The van der Waals surface area contributed by atoms with Crippen LogP contribution in [0.15, 0.2) is 30.3 Å². The van der Waals surface area contributed by atoms with E-state index in [-0.39, 0.29) is 12.0 Å². The van der Waals surface area contributed by atoms with E-state index in [2.05, 4.69) is 26.1 Å². The van der Waals surface area contributed by atoms with Crippen molar-refractivity contribution in [2.24, 2.45) is 5.92 Å². The maximum Gasteiger partial charge on any atom is 0.327 e. The Kier molecular flexibility index (Phi) is 7.31. The molecule has 0 aromatic heterocycles. The average Bonchev–Trinajstić information content (AvgIpc) is 2.51. The second kappa shape index (κ2) is 8.75. The molecule has 0 aliphatic carbocycles. The Hall–Kier alpha value is -1.35. The third-order valence-electron chi connectivity index (χ3n) is 3.85. The van der Waals surface area contributed by atoms with Gasteiger partial charge in [0.05, 0.1) is 7.11 Å². The summed E-state index contributed by atoms with van der Waals surface area (Å²) in [6, 6.07) is 9.72. The molecule has 0 aliphatic heterocycles. The van der Waals surface area contributed by atoms with Crippen LogP contribution >= 0.6 is 0 Å². The number of rotatable bonds is 8. The van der Waals surface area contributed by atoms with E-state index in [4.69, 9.17) is 4.74 Å². The highest BCUT2D eigenvalue weighted by Gasteiger charge is 2.24. The standard InChI is InChI=1S/C17H27NO2/c1-5-13(3)12-15(6-2)18-16(17(19)20-4)14-10-8-7-9-11-14/h7-11,13,15-16,18H,5-6,12H2,1-4H3. The molecule has 112 valence electrons. The van der Waals surface area contributed by atoms with Crippen LogP contribution in [0.25, 0.3) is 0 Å². The van der Waals surface area contributed by atoms with E-state index in [0.29, 0.717) is 12.0 Å². The van der Waals surface area contributed by atoms with Crippen molar-refractivity contribution in [3.05, 3.63) is 35.9 Å². The van der Waals surface area contributed by atoms with Gasteiger partial charge in [0, 0.05) is 6.04 Å². The van der Waals surface area contributed by atoms with Crippen LogP contribution in [0.4, 0.5) is 0 Å². The van der Waals surface area contributed by atoms with Gasteiger partial charge in [0.1, 0.15) is 6.04 Å². The Balaban J connectivity index is 2.81. The highest BCUT2D eigenvalue weighted by Crippen LogP contribution is 2.19. The first-order chi connectivity index (χ1) is 9.62. The van der Waals surface area contributed by atoms with Crippen LogP contribution < -0.4 is 5.32 Å². The molecule has 0 amide bonds. The molecule has 3 nitrogen and oxygen atoms in total. The average molecular weight is 277 g/mol. The molecule has 0 saturated carbocycles. The SMILES string of the molecule is CCC(C)CC(CC)NC(C(=O)OC)c1ccccc1. The van der Waals surface area contributed by atoms with Crippen molar-refractivity contribution in [3.63, 3.8) is 0 Å². The number of esters is 1. The normalized spacial score (nSPS) is 15.4. The zero-order valence-electron chi connectivity index (χ0n) is 13.1. The first kappa shape index (κ1) is 16.7. The Bertz CT molecular complexity index is 391. The molecule has 3 heteroatoms. The molecule has 0 fully saturated rings. The Morgan fingerprint density at radius 1 is 1.20 bits per heavy atom. The zero-order chi connectivity index (χ0) is 15.0. The van der Waals surface area contributed by atoms with Crippen LogP contribution in [0.5, 0.6) is 0 Å². The molecule has 3 atom stereocenters. The van der Waals surface area contributed by atoms with E-state index in [9.17, 15) is 4.79 Å². The van der Waals surface area contributed by atoms with Gasteiger partial charge in [-0.3, -0.25) is 5.32 Å². The minimum absolute atomic E-state index is 0.223. The van der Waals surface area contributed by atoms with Crippen LogP contribution in [0, 0.1) is 5.92 Å². The van der Waals surface area contributed by atoms with E-state index >= 15 is 0 Å². The number of ether oxygens (including phenoxy) is 1. The summed E-state index contributed by atoms with van der Waals surface area (Å²) in [6.45, 7) is 6.60. The van der Waals surface area contributed by atoms with E-state index < -0.39 is 0 Å². The van der Waals surface area contributed by atoms with Gasteiger partial charge in [0.15, 0.2) is 0 Å². The molecule has 0 radical (unpaired) electrons. The summed E-state index contributed by atoms with van der Waals surface area (Å²) in [5, 5.41) is 3.46. The number of carbonyl (C=O) groups is 1. The minimum atomic E-state index is -0.379. The molecule has 0 heterocycles. The third kappa shape index (κ3) is 4.97. The molecular weight excluding hydrogens is 250 g/mol. The fourth-order valence-corrected chi connectivity index (χ4v) is 2.30. The highest BCUT2D eigenvalue weighted by molar-refractivity contribution is 5.77. The fourth-order valence-electron chi connectivity index (χ4n) is 2.30. The van der Waals surface area contributed by atoms with Gasteiger partial charge in [-0.25, -0.2) is 4.79 Å². The van der Waals surface area contributed by atoms with Crippen molar-refractivity contribution in [2.45, 2.75) is 52.1 Å². The summed E-state index contributed by atoms with van der Waals surface area (Å²) < 4.78 is 4.94. The summed E-state index contributed by atoms with van der Waals surface area (Å²) in [4.78, 5) is 12.0. The van der Waals surface area contributed by atoms with Crippen molar-refractivity contribution < 1.29 is 9.53 Å². The highest BCUT2D eigenvalue weighted by atomic mass is 16.5. The van der Waals surface area contributed by atoms with E-state index in [1.54, 1.807) is 0 Å². The van der Waals surface area contributed by atoms with Gasteiger partial charge >= 0.3 is 5.97 Å². The lowest BCUT2D eigenvalue weighted by Gasteiger charge is -2.25. The van der Waals surface area contributed by atoms with Crippen LogP contribution in [0.3, 0.4) is 0 Å². The summed E-state index contributed by atoms with van der Waals surface area (Å²) in [5.74, 6) is 0.431. The number of hydrogen-bond donors (Lipinski definition) is 1. The summed E-state index contributed by atoms with van der Waals surface area (Å²) in [6.07, 6.45) is 3.24. The maximum absolute atomic E-state index is 12.0. The van der Waals surface area contributed by atoms with Crippen molar-refractivity contribution in [1.82, 2.24) is 5.32 Å². The van der Waals surface area contributed by atoms with Crippen molar-refractivity contribution in [3.8, 4) is 0 Å². The number of methoxy groups -OCH3 is 1. The van der Waals surface area contributed by atoms with Crippen LogP contribution in [-0.2, 0) is 9.53 Å². The van der Waals surface area contributed by atoms with Gasteiger partial charge in [0.2, 0.25) is 0 Å². The smallest absolute Gasteiger partial charge is 0.327 e. The molecule has 1 N–H and O–H groups in total. The van der Waals surface area contributed by atoms with Gasteiger partial charge in [-0.05, 0) is 24.3 Å². The zero-order valence-corrected chi connectivity index (χ0v) is 13.1. The van der Waals surface area contributed by atoms with Gasteiger partial charge in [0.25, 0.3) is 0 Å². The number of benzene rings is 1. The summed E-state index contributed by atoms with van der Waals surface area (Å²) >= 11 is 0. The lowest BCUT2D eigenvalue weighted by Crippen LogP contribution is -2.38. The quantitative estimate of drug-likeness (QED) is 0.736.